The lowest BCUT2D eigenvalue weighted by molar-refractivity contribution is -0.385. The minimum absolute atomic E-state index is 0. The van der Waals surface area contributed by atoms with Gasteiger partial charge < -0.3 is 90.6 Å². The number of non-ortho nitro benzene ring substituents is 1. The largest absolute Gasteiger partial charge is 0.504 e. The van der Waals surface area contributed by atoms with E-state index in [1.807, 2.05) is 89.5 Å². The number of aromatic nitrogens is 6. The summed E-state index contributed by atoms with van der Waals surface area (Å²) in [7, 11) is 6.19. The van der Waals surface area contributed by atoms with Crippen molar-refractivity contribution >= 4 is 109 Å². The first-order valence-electron chi connectivity index (χ1n) is 29.8. The van der Waals surface area contributed by atoms with Crippen LogP contribution in [0.1, 0.15) is 36.8 Å². The number of ether oxygens (including phenoxy) is 7. The summed E-state index contributed by atoms with van der Waals surface area (Å²) < 4.78 is 65.2. The van der Waals surface area contributed by atoms with E-state index in [4.69, 9.17) is 42.4 Å². The number of phenols is 1. The first kappa shape index (κ1) is 82.1. The molecule has 0 unspecified atom stereocenters. The van der Waals surface area contributed by atoms with Crippen molar-refractivity contribution in [1.82, 2.24) is 40.1 Å². The molecular formula is C62H91N15O15S4. The van der Waals surface area contributed by atoms with Crippen LogP contribution in [0.5, 0.6) is 34.5 Å². The lowest BCUT2D eigenvalue weighted by Gasteiger charge is -2.32. The number of benzene rings is 4. The van der Waals surface area contributed by atoms with Gasteiger partial charge in [-0.05, 0) is 109 Å². The highest BCUT2D eigenvalue weighted by Gasteiger charge is 2.28. The molecule has 4 aromatic carbocycles. The molecule has 0 spiro atoms. The summed E-state index contributed by atoms with van der Waals surface area (Å²) in [5.41, 5.74) is 4.57. The fraction of sp³-hybridized carbons (Fsp3) is 0.419. The molecule has 11 rings (SSSR count). The average molecular weight is 1410 g/mol. The van der Waals surface area contributed by atoms with E-state index in [2.05, 4.69) is 72.0 Å². The predicted molar refractivity (Wildman–Crippen MR) is 385 cm³/mol. The van der Waals surface area contributed by atoms with Crippen molar-refractivity contribution in [3.63, 3.8) is 0 Å². The van der Waals surface area contributed by atoms with Crippen LogP contribution in [-0.4, -0.2) is 197 Å². The molecule has 528 valence electrons. The van der Waals surface area contributed by atoms with E-state index in [1.54, 1.807) is 46.4 Å². The highest BCUT2D eigenvalue weighted by atomic mass is 32.2. The molecule has 0 saturated carbocycles. The number of anilines is 9. The molecule has 3 aromatic heterocycles. The number of rotatable bonds is 25. The fourth-order valence-electron chi connectivity index (χ4n) is 7.92. The van der Waals surface area contributed by atoms with Crippen molar-refractivity contribution in [1.29, 1.82) is 0 Å². The van der Waals surface area contributed by atoms with E-state index in [9.17, 15) is 28.7 Å². The SMILES string of the molecule is C1CNC1.CCO.CNc1cc(C)nc(Nc2ccc(OC)c(O)c2)n1.CNc1cc(C)nc(Nc2ccc(OC)c(OC[C@@H](O)CN3CCC3)c2)n1.CNc1cc(C)nc(Nc2ccc(OC)c(OC[C@@H]3CO3)c2)n1.O=[N+]([O-])c1cccc(S(=O)(=O)OC[C@@H]2CO2)c1.S.S.S. The quantitative estimate of drug-likeness (QED) is 0.0113. The van der Waals surface area contributed by atoms with Crippen molar-refractivity contribution in [2.24, 2.45) is 0 Å². The zero-order valence-corrected chi connectivity index (χ0v) is 59.2. The monoisotopic (exact) mass is 1410 g/mol. The van der Waals surface area contributed by atoms with Gasteiger partial charge in [0, 0.05) is 117 Å². The third kappa shape index (κ3) is 28.7. The first-order chi connectivity index (χ1) is 44.8. The van der Waals surface area contributed by atoms with Crippen molar-refractivity contribution in [2.45, 2.75) is 63.7 Å². The van der Waals surface area contributed by atoms with Crippen molar-refractivity contribution in [3.05, 3.63) is 124 Å². The molecular weight excluding hydrogens is 1320 g/mol. The lowest BCUT2D eigenvalue weighted by atomic mass is 10.2. The Labute approximate surface area is 581 Å². The Bertz CT molecular complexity index is 3600. The number of hydrogen-bond donors (Lipinski definition) is 10. The molecule has 10 N–H and O–H groups in total. The number of β-amino-alcohol motifs (C(OH)–C–C–N with tert-alkyl or cyclic N) is 1. The van der Waals surface area contributed by atoms with Gasteiger partial charge in [0.25, 0.3) is 15.8 Å². The normalized spacial score (nSPS) is 14.5. The van der Waals surface area contributed by atoms with E-state index >= 15 is 0 Å². The van der Waals surface area contributed by atoms with Gasteiger partial charge in [-0.15, -0.1) is 0 Å². The minimum Gasteiger partial charge on any atom is -0.504 e. The second kappa shape index (κ2) is 42.4. The molecule has 30 nitrogen and oxygen atoms in total. The maximum absolute atomic E-state index is 11.6. The number of nitrogens with one attached hydrogen (secondary N) is 7. The summed E-state index contributed by atoms with van der Waals surface area (Å²) in [6.07, 6.45) is 2.05. The number of methoxy groups -OCH3 is 3. The van der Waals surface area contributed by atoms with Crippen LogP contribution >= 0.6 is 40.5 Å². The maximum atomic E-state index is 11.6. The molecule has 0 amide bonds. The number of aryl methyl sites for hydroxylation is 3. The van der Waals surface area contributed by atoms with E-state index < -0.39 is 21.1 Å². The number of nitro benzene ring substituents is 1. The van der Waals surface area contributed by atoms with Gasteiger partial charge in [0.05, 0.1) is 46.1 Å². The van der Waals surface area contributed by atoms with Crippen molar-refractivity contribution < 1.29 is 66.0 Å². The smallest absolute Gasteiger partial charge is 0.297 e. The topological polar surface area (TPSA) is 383 Å². The lowest BCUT2D eigenvalue weighted by Crippen LogP contribution is -2.43. The molecule has 96 heavy (non-hydrogen) atoms. The van der Waals surface area contributed by atoms with Crippen LogP contribution in [0.3, 0.4) is 0 Å². The van der Waals surface area contributed by atoms with Crippen LogP contribution in [-0.2, 0) is 23.8 Å². The standard InChI is InChI=1S/C19H27N5O3.C16H20N4O3.C13H16N4O2.C9H9NO6S.C3H7N.C2H6O.3H2S/c1-13-9-18(20-2)23-19(21-13)22-14-5-6-16(26-3)17(10-14)27-12-15(25)11-24-7-4-8-24;1-10-6-15(17-2)20-16(18-10)19-11-4-5-13(21-3)14(7-11)23-9-12-8-22-12;1-8-6-12(14-2)17-13(15-8)16-9-4-5-11(19-3)10(18)7-9;11-10(12)7-2-1-3-9(4-7)17(13,14)16-6-8-5-15-8;1-2-4-3-1;1-2-3;;;/h5-6,9-10,15,25H,4,7-8,11-12H2,1-3H3,(H2,20,21,22,23);4-7,12H,8-9H2,1-3H3,(H2,17,18,19,20);4-7,18H,1-3H3,(H2,14,15,16,17);1-4,8H,5-6H2;4H,1-3H2;3H,2H2,1H3;3*1H2/t15-;12-;;8-;;;;;/m00.0...../s1. The number of epoxide rings is 2. The maximum Gasteiger partial charge on any atom is 0.297 e. The number of aliphatic hydroxyl groups excluding tert-OH is 2. The van der Waals surface area contributed by atoms with Crippen LogP contribution < -0.4 is 60.9 Å². The Hall–Kier alpha value is -8.16. The molecule has 0 radical (unpaired) electrons. The Kier molecular flexibility index (Phi) is 36.3. The molecule has 4 aliphatic rings. The summed E-state index contributed by atoms with van der Waals surface area (Å²) in [6.45, 7) is 14.8. The molecule has 0 bridgehead atoms. The zero-order chi connectivity index (χ0) is 67.3. The van der Waals surface area contributed by atoms with Gasteiger partial charge in [-0.1, -0.05) is 6.07 Å². The second-order valence-electron chi connectivity index (χ2n) is 20.7. The van der Waals surface area contributed by atoms with Crippen LogP contribution in [0.15, 0.2) is 102 Å². The molecule has 7 heterocycles. The molecule has 3 atom stereocenters. The second-order valence-corrected chi connectivity index (χ2v) is 22.3. The average Bonchev–Trinajstić information content (AvgIpc) is 1.30. The van der Waals surface area contributed by atoms with E-state index in [0.29, 0.717) is 72.0 Å². The third-order valence-electron chi connectivity index (χ3n) is 13.1. The summed E-state index contributed by atoms with van der Waals surface area (Å²) >= 11 is 0. The van der Waals surface area contributed by atoms with E-state index in [0.717, 1.165) is 71.7 Å². The zero-order valence-electron chi connectivity index (χ0n) is 55.4. The molecule has 0 aliphatic carbocycles. The highest BCUT2D eigenvalue weighted by Crippen LogP contribution is 2.34. The van der Waals surface area contributed by atoms with Gasteiger partial charge >= 0.3 is 0 Å². The molecule has 4 fully saturated rings. The number of hydrogen-bond acceptors (Lipinski definition) is 29. The van der Waals surface area contributed by atoms with Gasteiger partial charge in [0.1, 0.15) is 53.9 Å². The fourth-order valence-corrected chi connectivity index (χ4v) is 8.90. The Morgan fingerprint density at radius 1 is 0.635 bits per heavy atom. The number of nitrogens with zero attached hydrogens (tertiary/aromatic N) is 8. The number of aliphatic hydroxyl groups is 2. The highest BCUT2D eigenvalue weighted by molar-refractivity contribution is 7.86. The van der Waals surface area contributed by atoms with Gasteiger partial charge in [-0.3, -0.25) is 14.3 Å². The van der Waals surface area contributed by atoms with Crippen molar-refractivity contribution in [2.75, 3.05) is 147 Å². The van der Waals surface area contributed by atoms with Gasteiger partial charge in [-0.25, -0.2) is 15.0 Å². The number of aromatic hydroxyl groups is 1. The van der Waals surface area contributed by atoms with Crippen LogP contribution in [0.25, 0.3) is 0 Å². The van der Waals surface area contributed by atoms with Gasteiger partial charge in [0.15, 0.2) is 34.5 Å². The molecule has 34 heteroatoms. The summed E-state index contributed by atoms with van der Waals surface area (Å²) in [5, 5.41) is 59.4. The summed E-state index contributed by atoms with van der Waals surface area (Å²) in [4.78, 5) is 37.9. The first-order valence-corrected chi connectivity index (χ1v) is 31.2. The Morgan fingerprint density at radius 3 is 1.43 bits per heavy atom. The Morgan fingerprint density at radius 2 is 1.05 bits per heavy atom. The van der Waals surface area contributed by atoms with E-state index in [1.165, 1.54) is 51.2 Å². The van der Waals surface area contributed by atoms with Gasteiger partial charge in [-0.2, -0.15) is 63.9 Å². The van der Waals surface area contributed by atoms with E-state index in [-0.39, 0.29) is 88.8 Å². The van der Waals surface area contributed by atoms with Crippen LogP contribution in [0.2, 0.25) is 0 Å². The third-order valence-corrected chi connectivity index (χ3v) is 14.4. The summed E-state index contributed by atoms with van der Waals surface area (Å²) in [5.74, 6) is 6.71. The van der Waals surface area contributed by atoms with Crippen molar-refractivity contribution in [3.8, 4) is 34.5 Å². The number of likely N-dealkylation sites (tertiary alicyclic amines) is 1. The van der Waals surface area contributed by atoms with Crippen LogP contribution in [0, 0.1) is 30.9 Å². The Balaban J connectivity index is 0.000000322. The summed E-state index contributed by atoms with van der Waals surface area (Å²) in [6, 6.07) is 26.4. The number of phenolic OH excluding ortho intramolecular Hbond substituents is 1. The molecule has 7 aromatic rings. The number of nitro groups is 1. The van der Waals surface area contributed by atoms with Gasteiger partial charge in [0.2, 0.25) is 17.8 Å². The predicted octanol–water partition coefficient (Wildman–Crippen LogP) is 7.68. The molecule has 4 aliphatic heterocycles. The molecule has 4 saturated heterocycles. The minimum atomic E-state index is -3.96. The van der Waals surface area contributed by atoms with Crippen LogP contribution in [0.4, 0.5) is 58.0 Å².